The van der Waals surface area contributed by atoms with Crippen LogP contribution in [0.15, 0.2) is 0 Å². The van der Waals surface area contributed by atoms with Gasteiger partial charge < -0.3 is 0 Å². The van der Waals surface area contributed by atoms with Crippen LogP contribution in [0.5, 0.6) is 0 Å². The number of hydrogen-bond donors (Lipinski definition) is 1. The molecular weight excluding hydrogens is 159 g/mol. The summed E-state index contributed by atoms with van der Waals surface area (Å²) in [4.78, 5) is 0. The van der Waals surface area contributed by atoms with Crippen molar-refractivity contribution in [3.8, 4) is 0 Å². The summed E-state index contributed by atoms with van der Waals surface area (Å²) in [5, 5.41) is 0. The molecule has 0 aromatic heterocycles. The van der Waals surface area contributed by atoms with Gasteiger partial charge in [-0.25, -0.2) is 0 Å². The van der Waals surface area contributed by atoms with Gasteiger partial charge in [-0.15, -0.1) is 0 Å². The van der Waals surface area contributed by atoms with Crippen molar-refractivity contribution in [3.63, 3.8) is 0 Å². The van der Waals surface area contributed by atoms with Gasteiger partial charge in [-0.3, -0.25) is 0 Å². The Balaban J connectivity index is 3.05. The maximum atomic E-state index is 5.05. The first-order valence-electron chi connectivity index (χ1n) is 2.42. The van der Waals surface area contributed by atoms with Crippen LogP contribution in [0.3, 0.4) is 0 Å². The number of thiol groups is 1. The zero-order chi connectivity index (χ0) is 6.57. The van der Waals surface area contributed by atoms with E-state index in [0.29, 0.717) is 5.92 Å². The van der Waals surface area contributed by atoms with E-state index in [-0.39, 0.29) is 0 Å². The molecule has 0 fully saturated rings. The van der Waals surface area contributed by atoms with E-state index in [1.807, 2.05) is 0 Å². The zero-order valence-corrected chi connectivity index (χ0v) is 7.60. The molecule has 0 rings (SSSR count). The molecular formula is C4H10OPS2+. The van der Waals surface area contributed by atoms with Gasteiger partial charge >= 0.3 is 6.13 Å². The lowest BCUT2D eigenvalue weighted by atomic mass is 10.2. The molecule has 0 amide bonds. The average molecular weight is 169 g/mol. The Bertz CT molecular complexity index is 84.1. The fourth-order valence-electron chi connectivity index (χ4n) is 0.213. The Hall–Kier alpha value is 0.830. The van der Waals surface area contributed by atoms with Crippen molar-refractivity contribution in [1.82, 2.24) is 0 Å². The molecule has 8 heavy (non-hydrogen) atoms. The van der Waals surface area contributed by atoms with Gasteiger partial charge in [0.25, 0.3) is 0 Å². The second-order valence-electron chi connectivity index (χ2n) is 1.93. The maximum absolute atomic E-state index is 5.05. The van der Waals surface area contributed by atoms with E-state index in [9.17, 15) is 0 Å². The normalized spacial score (nSPS) is 12.2. The summed E-state index contributed by atoms with van der Waals surface area (Å²) in [6, 6.07) is 0. The van der Waals surface area contributed by atoms with Crippen LogP contribution in [0.1, 0.15) is 13.8 Å². The molecule has 4 heteroatoms. The van der Waals surface area contributed by atoms with Gasteiger partial charge in [-0.2, -0.15) is 4.52 Å². The van der Waals surface area contributed by atoms with Crippen LogP contribution in [0.2, 0.25) is 0 Å². The molecule has 1 nitrogen and oxygen atoms in total. The largest absolute Gasteiger partial charge is 0.411 e. The van der Waals surface area contributed by atoms with Gasteiger partial charge in [0, 0.05) is 0 Å². The van der Waals surface area contributed by atoms with Crippen molar-refractivity contribution < 1.29 is 4.52 Å². The lowest BCUT2D eigenvalue weighted by Gasteiger charge is -1.93. The SMILES string of the molecule is CC(C)CO[P+](=S)S. The quantitative estimate of drug-likeness (QED) is 0.513. The molecule has 0 aromatic rings. The highest BCUT2D eigenvalue weighted by Crippen LogP contribution is 2.27. The zero-order valence-electron chi connectivity index (χ0n) is 5.00. The van der Waals surface area contributed by atoms with E-state index < -0.39 is 6.13 Å². The molecule has 0 heterocycles. The summed E-state index contributed by atoms with van der Waals surface area (Å²) >= 11 is 8.63. The first-order chi connectivity index (χ1) is 3.63. The van der Waals surface area contributed by atoms with Crippen molar-refractivity contribution >= 4 is 30.2 Å². The van der Waals surface area contributed by atoms with Gasteiger partial charge in [0.15, 0.2) is 0 Å². The summed E-state index contributed by atoms with van der Waals surface area (Å²) in [5.74, 6) is 0.565. The maximum Gasteiger partial charge on any atom is 0.411 e. The molecule has 0 aliphatic carbocycles. The summed E-state index contributed by atoms with van der Waals surface area (Å²) in [5.41, 5.74) is 0. The Labute approximate surface area is 61.5 Å². The average Bonchev–Trinajstić information content (AvgIpc) is 1.61. The molecule has 0 bridgehead atoms. The van der Waals surface area contributed by atoms with Gasteiger partial charge in [-0.05, 0) is 5.92 Å². The van der Waals surface area contributed by atoms with Gasteiger partial charge in [-0.1, -0.05) is 13.8 Å². The Morgan fingerprint density at radius 2 is 2.25 bits per heavy atom. The van der Waals surface area contributed by atoms with Crippen molar-refractivity contribution in [2.24, 2.45) is 5.92 Å². The molecule has 48 valence electrons. The topological polar surface area (TPSA) is 9.23 Å². The van der Waals surface area contributed by atoms with Crippen LogP contribution in [-0.2, 0) is 16.3 Å². The van der Waals surface area contributed by atoms with Crippen LogP contribution in [0.25, 0.3) is 0 Å². The fourth-order valence-corrected chi connectivity index (χ4v) is 1.02. The third-order valence-corrected chi connectivity index (χ3v) is 1.55. The monoisotopic (exact) mass is 169 g/mol. The molecule has 0 radical (unpaired) electrons. The number of rotatable bonds is 3. The molecule has 0 aliphatic rings. The summed E-state index contributed by atoms with van der Waals surface area (Å²) in [7, 11) is 0. The van der Waals surface area contributed by atoms with E-state index in [4.69, 9.17) is 16.3 Å². The minimum atomic E-state index is -0.855. The Kier molecular flexibility index (Phi) is 5.17. The summed E-state index contributed by atoms with van der Waals surface area (Å²) in [6.07, 6.45) is -0.855. The van der Waals surface area contributed by atoms with E-state index >= 15 is 0 Å². The van der Waals surface area contributed by atoms with Crippen LogP contribution in [0, 0.1) is 5.92 Å². The Morgan fingerprint density at radius 3 is 2.38 bits per heavy atom. The highest BCUT2D eigenvalue weighted by atomic mass is 32.9. The molecule has 0 spiro atoms. The molecule has 1 unspecified atom stereocenters. The molecule has 0 saturated heterocycles. The highest BCUT2D eigenvalue weighted by molar-refractivity contribution is 8.54. The van der Waals surface area contributed by atoms with Crippen molar-refractivity contribution in [2.45, 2.75) is 13.8 Å². The van der Waals surface area contributed by atoms with Crippen LogP contribution in [-0.4, -0.2) is 6.61 Å². The summed E-state index contributed by atoms with van der Waals surface area (Å²) < 4.78 is 5.05. The molecule has 0 aromatic carbocycles. The first kappa shape index (κ1) is 8.83. The second kappa shape index (κ2) is 4.68. The van der Waals surface area contributed by atoms with E-state index in [2.05, 4.69) is 26.1 Å². The third-order valence-electron chi connectivity index (χ3n) is 0.518. The lowest BCUT2D eigenvalue weighted by molar-refractivity contribution is 0.311. The van der Waals surface area contributed by atoms with Crippen molar-refractivity contribution in [1.29, 1.82) is 0 Å². The predicted octanol–water partition coefficient (Wildman–Crippen LogP) is 2.36. The summed E-state index contributed by atoms with van der Waals surface area (Å²) in [6.45, 7) is 4.91. The van der Waals surface area contributed by atoms with E-state index in [1.165, 1.54) is 0 Å². The highest BCUT2D eigenvalue weighted by Gasteiger charge is 2.04. The van der Waals surface area contributed by atoms with E-state index in [1.54, 1.807) is 0 Å². The molecule has 0 aliphatic heterocycles. The fraction of sp³-hybridized carbons (Fsp3) is 1.00. The predicted molar refractivity (Wildman–Crippen MR) is 44.1 cm³/mol. The molecule has 0 N–H and O–H groups in total. The molecule has 1 atom stereocenters. The first-order valence-corrected chi connectivity index (χ1v) is 5.84. The Morgan fingerprint density at radius 1 is 1.75 bits per heavy atom. The van der Waals surface area contributed by atoms with Crippen LogP contribution in [0.4, 0.5) is 0 Å². The number of hydrogen-bond acceptors (Lipinski definition) is 2. The van der Waals surface area contributed by atoms with Crippen LogP contribution < -0.4 is 0 Å². The van der Waals surface area contributed by atoms with Gasteiger partial charge in [0.2, 0.25) is 11.8 Å². The minimum Gasteiger partial charge on any atom is -0.158 e. The smallest absolute Gasteiger partial charge is 0.158 e. The van der Waals surface area contributed by atoms with Gasteiger partial charge in [0.1, 0.15) is 18.9 Å². The van der Waals surface area contributed by atoms with Crippen molar-refractivity contribution in [2.75, 3.05) is 6.61 Å². The van der Waals surface area contributed by atoms with Crippen LogP contribution >= 0.6 is 18.4 Å². The standard InChI is InChI=1S/C4H9OPS2/c1-4(2)3-5-6(7)8/h4H,3H2,1-2H3/p+1. The minimum absolute atomic E-state index is 0.565. The molecule has 0 saturated carbocycles. The van der Waals surface area contributed by atoms with Gasteiger partial charge in [0.05, 0.1) is 0 Å². The second-order valence-corrected chi connectivity index (χ2v) is 5.56. The lowest BCUT2D eigenvalue weighted by Crippen LogP contribution is -1.94. The van der Waals surface area contributed by atoms with Crippen molar-refractivity contribution in [3.05, 3.63) is 0 Å². The third kappa shape index (κ3) is 6.83. The van der Waals surface area contributed by atoms with E-state index in [0.717, 1.165) is 6.61 Å².